The van der Waals surface area contributed by atoms with Crippen molar-refractivity contribution >= 4 is 27.0 Å². The van der Waals surface area contributed by atoms with Crippen LogP contribution in [0.3, 0.4) is 0 Å². The van der Waals surface area contributed by atoms with Crippen LogP contribution >= 0.6 is 11.3 Å². The van der Waals surface area contributed by atoms with E-state index in [1.807, 2.05) is 44.2 Å². The van der Waals surface area contributed by atoms with Gasteiger partial charge in [0.25, 0.3) is 10.0 Å². The van der Waals surface area contributed by atoms with E-state index in [4.69, 9.17) is 0 Å². The molecule has 0 amide bonds. The third kappa shape index (κ3) is 3.48. The predicted octanol–water partition coefficient (Wildman–Crippen LogP) is 5.17. The highest BCUT2D eigenvalue weighted by molar-refractivity contribution is 7.92. The van der Waals surface area contributed by atoms with Crippen molar-refractivity contribution in [2.24, 2.45) is 0 Å². The second-order valence-electron chi connectivity index (χ2n) is 6.20. The van der Waals surface area contributed by atoms with Gasteiger partial charge < -0.3 is 0 Å². The van der Waals surface area contributed by atoms with E-state index in [-0.39, 0.29) is 0 Å². The largest absolute Gasteiger partial charge is 0.269 e. The van der Waals surface area contributed by atoms with E-state index in [1.54, 1.807) is 30.5 Å². The van der Waals surface area contributed by atoms with Crippen molar-refractivity contribution in [3.05, 3.63) is 70.6 Å². The molecule has 3 nitrogen and oxygen atoms in total. The van der Waals surface area contributed by atoms with Crippen LogP contribution in [0.25, 0.3) is 10.4 Å². The molecular formula is C20H21NO2S2. The zero-order valence-corrected chi connectivity index (χ0v) is 16.4. The summed E-state index contributed by atoms with van der Waals surface area (Å²) in [6.45, 7) is 6.05. The smallest absolute Gasteiger partial charge is 0.264 e. The summed E-state index contributed by atoms with van der Waals surface area (Å²) < 4.78 is 27.2. The molecule has 0 saturated carbocycles. The summed E-state index contributed by atoms with van der Waals surface area (Å²) >= 11 is 1.71. The number of anilines is 1. The second-order valence-corrected chi connectivity index (χ2v) is 9.45. The molecule has 3 rings (SSSR count). The van der Waals surface area contributed by atoms with Crippen LogP contribution in [0.1, 0.15) is 16.0 Å². The quantitative estimate of drug-likeness (QED) is 0.635. The summed E-state index contributed by atoms with van der Waals surface area (Å²) in [6.07, 6.45) is 0. The predicted molar refractivity (Wildman–Crippen MR) is 106 cm³/mol. The second kappa shape index (κ2) is 6.65. The van der Waals surface area contributed by atoms with Crippen molar-refractivity contribution in [2.45, 2.75) is 25.7 Å². The van der Waals surface area contributed by atoms with E-state index in [0.29, 0.717) is 10.6 Å². The Morgan fingerprint density at radius 3 is 2.16 bits per heavy atom. The van der Waals surface area contributed by atoms with E-state index >= 15 is 0 Å². The molecule has 0 fully saturated rings. The minimum Gasteiger partial charge on any atom is -0.269 e. The Morgan fingerprint density at radius 2 is 1.56 bits per heavy atom. The van der Waals surface area contributed by atoms with Crippen molar-refractivity contribution in [2.75, 3.05) is 11.4 Å². The standard InChI is InChI=1S/C20H21NO2S2/c1-14-5-10-18(11-6-14)25(22,23)21(4)17-9-7-15(2)19(13-17)20-12-8-16(3)24-20/h5-13H,1-4H3. The van der Waals surface area contributed by atoms with Gasteiger partial charge in [0.15, 0.2) is 0 Å². The number of hydrogen-bond acceptors (Lipinski definition) is 3. The van der Waals surface area contributed by atoms with Gasteiger partial charge in [-0.2, -0.15) is 0 Å². The van der Waals surface area contributed by atoms with Crippen molar-refractivity contribution < 1.29 is 8.42 Å². The molecule has 5 heteroatoms. The Labute approximate surface area is 153 Å². The van der Waals surface area contributed by atoms with E-state index < -0.39 is 10.0 Å². The SMILES string of the molecule is Cc1ccc(S(=O)(=O)N(C)c2ccc(C)c(-c3ccc(C)s3)c2)cc1. The summed E-state index contributed by atoms with van der Waals surface area (Å²) in [6, 6.07) is 16.9. The van der Waals surface area contributed by atoms with Crippen LogP contribution in [0.15, 0.2) is 59.5 Å². The number of benzene rings is 2. The summed E-state index contributed by atoms with van der Waals surface area (Å²) in [7, 11) is -1.98. The Balaban J connectivity index is 2.02. The van der Waals surface area contributed by atoms with Gasteiger partial charge in [0.1, 0.15) is 0 Å². The molecule has 130 valence electrons. The van der Waals surface area contributed by atoms with Crippen molar-refractivity contribution in [3.8, 4) is 10.4 Å². The van der Waals surface area contributed by atoms with Gasteiger partial charge in [-0.3, -0.25) is 4.31 Å². The van der Waals surface area contributed by atoms with Crippen LogP contribution < -0.4 is 4.31 Å². The van der Waals surface area contributed by atoms with E-state index in [2.05, 4.69) is 19.1 Å². The molecular weight excluding hydrogens is 350 g/mol. The molecule has 0 aliphatic carbocycles. The average Bonchev–Trinajstić information content (AvgIpc) is 3.01. The number of nitrogens with zero attached hydrogens (tertiary/aromatic N) is 1. The fourth-order valence-electron chi connectivity index (χ4n) is 2.66. The Bertz CT molecular complexity index is 1000. The first kappa shape index (κ1) is 17.7. The normalized spacial score (nSPS) is 11.5. The topological polar surface area (TPSA) is 37.4 Å². The van der Waals surface area contributed by atoms with Crippen molar-refractivity contribution in [1.82, 2.24) is 0 Å². The zero-order chi connectivity index (χ0) is 18.2. The minimum absolute atomic E-state index is 0.301. The summed E-state index contributed by atoms with van der Waals surface area (Å²) in [5, 5.41) is 0. The minimum atomic E-state index is -3.58. The molecule has 0 radical (unpaired) electrons. The van der Waals surface area contributed by atoms with Crippen LogP contribution in [-0.4, -0.2) is 15.5 Å². The van der Waals surface area contributed by atoms with Crippen molar-refractivity contribution in [3.63, 3.8) is 0 Å². The molecule has 0 unspecified atom stereocenters. The highest BCUT2D eigenvalue weighted by Crippen LogP contribution is 2.34. The molecule has 2 aromatic carbocycles. The van der Waals surface area contributed by atoms with Crippen LogP contribution in [0.2, 0.25) is 0 Å². The maximum atomic E-state index is 12.9. The maximum absolute atomic E-state index is 12.9. The summed E-state index contributed by atoms with van der Waals surface area (Å²) in [5.41, 5.74) is 3.90. The lowest BCUT2D eigenvalue weighted by atomic mass is 10.1. The highest BCUT2D eigenvalue weighted by Gasteiger charge is 2.22. The molecule has 0 bridgehead atoms. The first-order valence-electron chi connectivity index (χ1n) is 8.02. The number of rotatable bonds is 4. The van der Waals surface area contributed by atoms with Crippen molar-refractivity contribution in [1.29, 1.82) is 0 Å². The van der Waals surface area contributed by atoms with E-state index in [9.17, 15) is 8.42 Å². The fourth-order valence-corrected chi connectivity index (χ4v) is 4.79. The Kier molecular flexibility index (Phi) is 4.71. The summed E-state index contributed by atoms with van der Waals surface area (Å²) in [5.74, 6) is 0. The van der Waals surface area contributed by atoms with Gasteiger partial charge in [0, 0.05) is 16.8 Å². The molecule has 0 saturated heterocycles. The average molecular weight is 372 g/mol. The monoisotopic (exact) mass is 371 g/mol. The molecule has 0 N–H and O–H groups in total. The van der Waals surface area contributed by atoms with Gasteiger partial charge in [-0.15, -0.1) is 11.3 Å². The van der Waals surface area contributed by atoms with Crippen LogP contribution in [0.4, 0.5) is 5.69 Å². The zero-order valence-electron chi connectivity index (χ0n) is 14.8. The number of sulfonamides is 1. The summed E-state index contributed by atoms with van der Waals surface area (Å²) in [4.78, 5) is 2.69. The van der Waals surface area contributed by atoms with Crippen LogP contribution in [-0.2, 0) is 10.0 Å². The van der Waals surface area contributed by atoms with Gasteiger partial charge >= 0.3 is 0 Å². The third-order valence-electron chi connectivity index (χ3n) is 4.27. The van der Waals surface area contributed by atoms with Gasteiger partial charge in [-0.25, -0.2) is 8.42 Å². The Morgan fingerprint density at radius 1 is 0.880 bits per heavy atom. The molecule has 1 heterocycles. The molecule has 0 atom stereocenters. The van der Waals surface area contributed by atoms with E-state index in [0.717, 1.165) is 21.6 Å². The molecule has 0 aliphatic heterocycles. The Hall–Kier alpha value is -2.11. The van der Waals surface area contributed by atoms with Crippen LogP contribution in [0, 0.1) is 20.8 Å². The fraction of sp³-hybridized carbons (Fsp3) is 0.200. The van der Waals surface area contributed by atoms with Crippen LogP contribution in [0.5, 0.6) is 0 Å². The lowest BCUT2D eigenvalue weighted by Gasteiger charge is -2.21. The molecule has 3 aromatic rings. The van der Waals surface area contributed by atoms with Gasteiger partial charge in [0.2, 0.25) is 0 Å². The van der Waals surface area contributed by atoms with Gasteiger partial charge in [-0.1, -0.05) is 23.8 Å². The number of thiophene rings is 1. The van der Waals surface area contributed by atoms with E-state index in [1.165, 1.54) is 9.18 Å². The number of aryl methyl sites for hydroxylation is 3. The molecule has 0 spiro atoms. The number of hydrogen-bond donors (Lipinski definition) is 0. The molecule has 25 heavy (non-hydrogen) atoms. The lowest BCUT2D eigenvalue weighted by molar-refractivity contribution is 0.594. The highest BCUT2D eigenvalue weighted by atomic mass is 32.2. The first-order chi connectivity index (χ1) is 11.8. The van der Waals surface area contributed by atoms with Gasteiger partial charge in [-0.05, 0) is 68.3 Å². The molecule has 1 aromatic heterocycles. The molecule has 0 aliphatic rings. The first-order valence-corrected chi connectivity index (χ1v) is 10.3. The third-order valence-corrected chi connectivity index (χ3v) is 7.10. The van der Waals surface area contributed by atoms with Gasteiger partial charge in [0.05, 0.1) is 10.6 Å². The lowest BCUT2D eigenvalue weighted by Crippen LogP contribution is -2.26. The maximum Gasteiger partial charge on any atom is 0.264 e.